The molecule has 8 heteroatoms. The molecule has 0 radical (unpaired) electrons. The van der Waals surface area contributed by atoms with Crippen LogP contribution in [0.2, 0.25) is 10.0 Å². The minimum absolute atomic E-state index is 0.271. The van der Waals surface area contributed by atoms with E-state index in [0.29, 0.717) is 21.7 Å². The van der Waals surface area contributed by atoms with Crippen LogP contribution in [0.1, 0.15) is 13.8 Å². The highest BCUT2D eigenvalue weighted by Crippen LogP contribution is 2.32. The number of hydrogen-bond donors (Lipinski definition) is 3. The number of carbonyl (C=O) groups is 1. The number of nitrogens with one attached hydrogen (secondary N) is 3. The molecule has 1 rings (SSSR count). The van der Waals surface area contributed by atoms with Crippen molar-refractivity contribution in [3.05, 3.63) is 28.2 Å². The van der Waals surface area contributed by atoms with Crippen molar-refractivity contribution in [2.45, 2.75) is 20.0 Å². The van der Waals surface area contributed by atoms with Gasteiger partial charge in [0.25, 0.3) is 5.91 Å². The van der Waals surface area contributed by atoms with E-state index in [9.17, 15) is 4.79 Å². The summed E-state index contributed by atoms with van der Waals surface area (Å²) >= 11 is 16.8. The van der Waals surface area contributed by atoms with Crippen molar-refractivity contribution in [3.8, 4) is 5.75 Å². The molecule has 0 bridgehead atoms. The van der Waals surface area contributed by atoms with Gasteiger partial charge in [-0.15, -0.1) is 0 Å². The second kappa shape index (κ2) is 8.14. The number of hydrogen-bond acceptors (Lipinski definition) is 3. The van der Waals surface area contributed by atoms with Gasteiger partial charge in [0.2, 0.25) is 0 Å². The van der Waals surface area contributed by atoms with Crippen LogP contribution in [0.4, 0.5) is 0 Å². The number of thiocarbonyl (C=S) groups is 1. The molecule has 110 valence electrons. The molecule has 1 atom stereocenters. The van der Waals surface area contributed by atoms with E-state index in [-0.39, 0.29) is 5.75 Å². The molecule has 0 saturated carbocycles. The average Bonchev–Trinajstić information content (AvgIpc) is 2.40. The fourth-order valence-electron chi connectivity index (χ4n) is 1.25. The Morgan fingerprint density at radius 1 is 1.35 bits per heavy atom. The van der Waals surface area contributed by atoms with Crippen molar-refractivity contribution in [1.82, 2.24) is 16.2 Å². The number of ether oxygens (including phenoxy) is 1. The van der Waals surface area contributed by atoms with E-state index < -0.39 is 12.0 Å². The van der Waals surface area contributed by atoms with Crippen LogP contribution in [-0.4, -0.2) is 23.7 Å². The van der Waals surface area contributed by atoms with Crippen molar-refractivity contribution in [2.24, 2.45) is 0 Å². The van der Waals surface area contributed by atoms with Crippen LogP contribution >= 0.6 is 35.4 Å². The standard InChI is InChI=1S/C12H15Cl2N3O2S/c1-3-15-12(20)17-16-11(18)7(2)19-10-8(13)5-4-6-9(10)14/h4-7H,3H2,1-2H3,(H,16,18)(H2,15,17,20)/t7-/m1/s1. The Labute approximate surface area is 132 Å². The first-order chi connectivity index (χ1) is 9.45. The molecule has 1 aromatic rings. The minimum atomic E-state index is -0.788. The molecular formula is C12H15Cl2N3O2S. The lowest BCUT2D eigenvalue weighted by molar-refractivity contribution is -0.127. The Morgan fingerprint density at radius 2 is 1.95 bits per heavy atom. The van der Waals surface area contributed by atoms with Gasteiger partial charge in [0.1, 0.15) is 0 Å². The van der Waals surface area contributed by atoms with Gasteiger partial charge in [-0.3, -0.25) is 15.6 Å². The predicted octanol–water partition coefficient (Wildman–Crippen LogP) is 2.28. The highest BCUT2D eigenvalue weighted by molar-refractivity contribution is 7.80. The van der Waals surface area contributed by atoms with Crippen molar-refractivity contribution in [1.29, 1.82) is 0 Å². The molecule has 3 N–H and O–H groups in total. The second-order valence-electron chi connectivity index (χ2n) is 3.78. The average molecular weight is 336 g/mol. The van der Waals surface area contributed by atoms with Gasteiger partial charge in [-0.1, -0.05) is 29.3 Å². The molecule has 20 heavy (non-hydrogen) atoms. The number of para-hydroxylation sites is 1. The lowest BCUT2D eigenvalue weighted by atomic mass is 10.3. The minimum Gasteiger partial charge on any atom is -0.478 e. The third-order valence-corrected chi connectivity index (χ3v) is 3.06. The number of rotatable bonds is 4. The van der Waals surface area contributed by atoms with Crippen molar-refractivity contribution in [2.75, 3.05) is 6.54 Å². The Morgan fingerprint density at radius 3 is 2.50 bits per heavy atom. The van der Waals surface area contributed by atoms with Crippen LogP contribution in [0.3, 0.4) is 0 Å². The quantitative estimate of drug-likeness (QED) is 0.582. The number of hydrazine groups is 1. The highest BCUT2D eigenvalue weighted by atomic mass is 35.5. The molecule has 0 unspecified atom stereocenters. The molecule has 0 aliphatic rings. The van der Waals surface area contributed by atoms with Crippen LogP contribution < -0.4 is 20.9 Å². The fraction of sp³-hybridized carbons (Fsp3) is 0.333. The van der Waals surface area contributed by atoms with Gasteiger partial charge in [0.05, 0.1) is 10.0 Å². The van der Waals surface area contributed by atoms with E-state index in [1.807, 2.05) is 6.92 Å². The summed E-state index contributed by atoms with van der Waals surface area (Å²) in [6, 6.07) is 4.95. The lowest BCUT2D eigenvalue weighted by Gasteiger charge is -2.17. The molecule has 5 nitrogen and oxygen atoms in total. The monoisotopic (exact) mass is 335 g/mol. The van der Waals surface area contributed by atoms with Crippen molar-refractivity contribution >= 4 is 46.4 Å². The molecule has 0 heterocycles. The van der Waals surface area contributed by atoms with E-state index in [2.05, 4.69) is 16.2 Å². The maximum atomic E-state index is 11.8. The van der Waals surface area contributed by atoms with Crippen molar-refractivity contribution in [3.63, 3.8) is 0 Å². The SMILES string of the molecule is CCNC(=S)NNC(=O)[C@@H](C)Oc1c(Cl)cccc1Cl. The molecule has 0 saturated heterocycles. The first kappa shape index (κ1) is 16.8. The summed E-state index contributed by atoms with van der Waals surface area (Å²) in [5.41, 5.74) is 4.98. The molecule has 0 fully saturated rings. The Balaban J connectivity index is 2.56. The normalized spacial score (nSPS) is 11.4. The molecule has 1 aromatic carbocycles. The molecule has 0 aliphatic carbocycles. The summed E-state index contributed by atoms with van der Waals surface area (Å²) in [7, 11) is 0. The van der Waals surface area contributed by atoms with Crippen molar-refractivity contribution < 1.29 is 9.53 Å². The van der Waals surface area contributed by atoms with Crippen LogP contribution in [-0.2, 0) is 4.79 Å². The smallest absolute Gasteiger partial charge is 0.279 e. The fourth-order valence-corrected chi connectivity index (χ4v) is 1.93. The zero-order chi connectivity index (χ0) is 15.1. The maximum absolute atomic E-state index is 11.8. The summed E-state index contributed by atoms with van der Waals surface area (Å²) in [5, 5.41) is 3.84. The van der Waals surface area contributed by atoms with E-state index in [0.717, 1.165) is 0 Å². The predicted molar refractivity (Wildman–Crippen MR) is 84.1 cm³/mol. The van der Waals surface area contributed by atoms with Gasteiger partial charge < -0.3 is 10.1 Å². The van der Waals surface area contributed by atoms with Crippen LogP contribution in [0, 0.1) is 0 Å². The molecular weight excluding hydrogens is 321 g/mol. The number of carbonyl (C=O) groups excluding carboxylic acids is 1. The zero-order valence-electron chi connectivity index (χ0n) is 11.0. The highest BCUT2D eigenvalue weighted by Gasteiger charge is 2.17. The number of halogens is 2. The maximum Gasteiger partial charge on any atom is 0.279 e. The topological polar surface area (TPSA) is 62.4 Å². The number of benzene rings is 1. The zero-order valence-corrected chi connectivity index (χ0v) is 13.3. The summed E-state index contributed by atoms with van der Waals surface area (Å²) in [6.07, 6.45) is -0.788. The van der Waals surface area contributed by atoms with Crippen LogP contribution in [0.5, 0.6) is 5.75 Å². The summed E-state index contributed by atoms with van der Waals surface area (Å²) in [6.45, 7) is 4.12. The van der Waals surface area contributed by atoms with Gasteiger partial charge in [-0.25, -0.2) is 0 Å². The van der Waals surface area contributed by atoms with Gasteiger partial charge in [0, 0.05) is 6.54 Å². The first-order valence-corrected chi connectivity index (χ1v) is 7.06. The summed E-state index contributed by atoms with van der Waals surface area (Å²) < 4.78 is 5.45. The Bertz CT molecular complexity index is 479. The first-order valence-electron chi connectivity index (χ1n) is 5.90. The molecule has 1 amide bonds. The molecule has 0 aromatic heterocycles. The van der Waals surface area contributed by atoms with Gasteiger partial charge in [-0.05, 0) is 38.2 Å². The second-order valence-corrected chi connectivity index (χ2v) is 5.01. The summed E-state index contributed by atoms with van der Waals surface area (Å²) in [5.74, 6) is -0.131. The molecule has 0 aliphatic heterocycles. The van der Waals surface area contributed by atoms with Gasteiger partial charge in [-0.2, -0.15) is 0 Å². The van der Waals surface area contributed by atoms with E-state index in [4.69, 9.17) is 40.2 Å². The Kier molecular flexibility index (Phi) is 6.84. The van der Waals surface area contributed by atoms with E-state index in [1.165, 1.54) is 0 Å². The molecule has 0 spiro atoms. The van der Waals surface area contributed by atoms with Gasteiger partial charge >= 0.3 is 0 Å². The lowest BCUT2D eigenvalue weighted by Crippen LogP contribution is -2.50. The van der Waals surface area contributed by atoms with Gasteiger partial charge in [0.15, 0.2) is 17.0 Å². The van der Waals surface area contributed by atoms with E-state index >= 15 is 0 Å². The Hall–Kier alpha value is -1.24. The third kappa shape index (κ3) is 5.03. The largest absolute Gasteiger partial charge is 0.478 e. The summed E-state index contributed by atoms with van der Waals surface area (Å²) in [4.78, 5) is 11.8. The van der Waals surface area contributed by atoms with Crippen LogP contribution in [0.25, 0.3) is 0 Å². The number of amides is 1. The van der Waals surface area contributed by atoms with Crippen LogP contribution in [0.15, 0.2) is 18.2 Å². The third-order valence-electron chi connectivity index (χ3n) is 2.22. The van der Waals surface area contributed by atoms with E-state index in [1.54, 1.807) is 25.1 Å².